The first-order chi connectivity index (χ1) is 14.7. The van der Waals surface area contributed by atoms with Gasteiger partial charge in [-0.1, -0.05) is 0 Å². The van der Waals surface area contributed by atoms with Crippen LogP contribution in [0, 0.1) is 11.3 Å². The highest BCUT2D eigenvalue weighted by Gasteiger charge is 2.29. The van der Waals surface area contributed by atoms with Crippen molar-refractivity contribution in [2.45, 2.75) is 38.3 Å². The maximum Gasteiger partial charge on any atom is 0.237 e. The first-order valence-electron chi connectivity index (χ1n) is 11.6. The number of aromatic nitrogens is 1. The number of ether oxygens (including phenoxy) is 2. The number of nitriles is 1. The minimum Gasteiger partial charge on any atom is -0.375 e. The summed E-state index contributed by atoms with van der Waals surface area (Å²) in [4.78, 5) is 6.63. The average Bonchev–Trinajstić information content (AvgIpc) is 3.29. The Labute approximate surface area is 179 Å². The third kappa shape index (κ3) is 5.22. The molecule has 1 aromatic heterocycles. The molecule has 8 nitrogen and oxygen atoms in total. The van der Waals surface area contributed by atoms with Gasteiger partial charge in [-0.3, -0.25) is 0 Å². The van der Waals surface area contributed by atoms with Gasteiger partial charge in [0.2, 0.25) is 11.6 Å². The number of nitrogens with zero attached hydrogens (tertiary/aromatic N) is 1. The van der Waals surface area contributed by atoms with Crippen LogP contribution in [0.15, 0.2) is 0 Å². The van der Waals surface area contributed by atoms with Crippen LogP contribution >= 0.6 is 0 Å². The van der Waals surface area contributed by atoms with Crippen molar-refractivity contribution in [3.05, 3.63) is 16.7 Å². The fourth-order valence-electron chi connectivity index (χ4n) is 4.81. The Hall–Kier alpha value is -1.92. The van der Waals surface area contributed by atoms with E-state index < -0.39 is 0 Å². The maximum absolute atomic E-state index is 9.92. The first-order valence-corrected chi connectivity index (χ1v) is 11.6. The van der Waals surface area contributed by atoms with E-state index >= 15 is 0 Å². The molecule has 0 aliphatic carbocycles. The van der Waals surface area contributed by atoms with Crippen LogP contribution in [0.4, 0.5) is 11.6 Å². The molecule has 0 amide bonds. The second-order valence-electron chi connectivity index (χ2n) is 8.86. The summed E-state index contributed by atoms with van der Waals surface area (Å²) in [5, 5.41) is 17.1. The SMILES string of the molecule is C[NH+]1CCc2c(C#N)c(NCCC[NH+]3CCOCC3)[nH+]c(NC[C@@H]3CCCO3)c2C1. The number of H-pyrrole nitrogens is 1. The van der Waals surface area contributed by atoms with Gasteiger partial charge in [-0.15, -0.1) is 0 Å². The van der Waals surface area contributed by atoms with Gasteiger partial charge in [-0.25, -0.2) is 4.98 Å². The topological polar surface area (TPSA) is 89.3 Å². The summed E-state index contributed by atoms with van der Waals surface area (Å²) in [5.41, 5.74) is 3.26. The summed E-state index contributed by atoms with van der Waals surface area (Å²) in [6.07, 6.45) is 4.57. The van der Waals surface area contributed by atoms with Crippen LogP contribution in [0.1, 0.15) is 36.0 Å². The van der Waals surface area contributed by atoms with Crippen molar-refractivity contribution in [1.82, 2.24) is 0 Å². The van der Waals surface area contributed by atoms with Crippen molar-refractivity contribution in [3.63, 3.8) is 0 Å². The molecule has 2 fully saturated rings. The summed E-state index contributed by atoms with van der Waals surface area (Å²) >= 11 is 0. The fourth-order valence-corrected chi connectivity index (χ4v) is 4.81. The number of pyridine rings is 1. The molecule has 0 spiro atoms. The standard InChI is InChI=1S/C22H34N6O2/c1-27-8-5-18-19(14-23)21(24-6-3-7-28-9-12-29-13-10-28)26-22(20(18)16-27)25-15-17-4-2-11-30-17/h17H,2-13,15-16H2,1H3,(H2,24,25,26)/p+3/t17-/m0/s1. The molecule has 2 saturated heterocycles. The molecule has 4 heterocycles. The molecule has 2 atom stereocenters. The number of likely N-dealkylation sites (N-methyl/N-ethyl adjacent to an activating group) is 1. The van der Waals surface area contributed by atoms with Gasteiger partial charge in [-0.2, -0.15) is 5.26 Å². The van der Waals surface area contributed by atoms with E-state index in [1.54, 1.807) is 4.90 Å². The lowest BCUT2D eigenvalue weighted by Gasteiger charge is -2.25. The fraction of sp³-hybridized carbons (Fsp3) is 0.727. The van der Waals surface area contributed by atoms with E-state index in [0.717, 1.165) is 109 Å². The van der Waals surface area contributed by atoms with Gasteiger partial charge in [0.1, 0.15) is 31.3 Å². The molecule has 30 heavy (non-hydrogen) atoms. The lowest BCUT2D eigenvalue weighted by Crippen LogP contribution is -3.14. The number of aromatic amines is 1. The van der Waals surface area contributed by atoms with Crippen molar-refractivity contribution >= 4 is 11.6 Å². The third-order valence-electron chi connectivity index (χ3n) is 6.60. The van der Waals surface area contributed by atoms with Crippen LogP contribution in [-0.2, 0) is 22.4 Å². The lowest BCUT2D eigenvalue weighted by molar-refractivity contribution is -0.908. The van der Waals surface area contributed by atoms with Crippen LogP contribution < -0.4 is 25.4 Å². The average molecular weight is 418 g/mol. The van der Waals surface area contributed by atoms with Gasteiger partial charge < -0.3 is 29.9 Å². The molecule has 3 aliphatic heterocycles. The van der Waals surface area contributed by atoms with Crippen molar-refractivity contribution in [3.8, 4) is 6.07 Å². The van der Waals surface area contributed by atoms with Crippen LogP contribution in [0.2, 0.25) is 0 Å². The highest BCUT2D eigenvalue weighted by Crippen LogP contribution is 2.26. The summed E-state index contributed by atoms with van der Waals surface area (Å²) < 4.78 is 11.2. The van der Waals surface area contributed by atoms with Crippen LogP contribution in [-0.4, -0.2) is 72.2 Å². The number of hydrogen-bond donors (Lipinski definition) is 4. The Morgan fingerprint density at radius 2 is 2.00 bits per heavy atom. The highest BCUT2D eigenvalue weighted by molar-refractivity contribution is 5.60. The number of hydrogen-bond acceptors (Lipinski definition) is 5. The molecule has 0 saturated carbocycles. The summed E-state index contributed by atoms with van der Waals surface area (Å²) in [6.45, 7) is 9.63. The molecule has 3 aliphatic rings. The minimum absolute atomic E-state index is 0.284. The molecular weight excluding hydrogens is 380 g/mol. The largest absolute Gasteiger partial charge is 0.375 e. The van der Waals surface area contributed by atoms with Gasteiger partial charge >= 0.3 is 0 Å². The molecule has 5 N–H and O–H groups in total. The van der Waals surface area contributed by atoms with Crippen molar-refractivity contribution in [2.75, 3.05) is 76.8 Å². The van der Waals surface area contributed by atoms with Gasteiger partial charge in [-0.05, 0) is 18.4 Å². The Kier molecular flexibility index (Phi) is 7.39. The molecule has 1 unspecified atom stereocenters. The number of morpholine rings is 1. The zero-order valence-corrected chi connectivity index (χ0v) is 18.2. The van der Waals surface area contributed by atoms with E-state index in [9.17, 15) is 5.26 Å². The normalized spacial score (nSPS) is 24.3. The van der Waals surface area contributed by atoms with E-state index in [2.05, 4.69) is 28.7 Å². The molecule has 1 aromatic rings. The number of rotatable bonds is 8. The smallest absolute Gasteiger partial charge is 0.237 e. The van der Waals surface area contributed by atoms with Gasteiger partial charge in [0.15, 0.2) is 0 Å². The first kappa shape index (κ1) is 21.3. The summed E-state index contributed by atoms with van der Waals surface area (Å²) in [7, 11) is 2.22. The van der Waals surface area contributed by atoms with Crippen molar-refractivity contribution in [2.24, 2.45) is 0 Å². The van der Waals surface area contributed by atoms with Gasteiger partial charge in [0, 0.05) is 19.4 Å². The van der Waals surface area contributed by atoms with E-state index in [1.165, 1.54) is 16.0 Å². The van der Waals surface area contributed by atoms with Gasteiger partial charge in [0.25, 0.3) is 0 Å². The number of quaternary nitrogens is 2. The van der Waals surface area contributed by atoms with Gasteiger partial charge in [0.05, 0.1) is 58.1 Å². The molecule has 0 aromatic carbocycles. The minimum atomic E-state index is 0.284. The zero-order chi connectivity index (χ0) is 20.8. The van der Waals surface area contributed by atoms with Crippen molar-refractivity contribution in [1.29, 1.82) is 5.26 Å². The predicted molar refractivity (Wildman–Crippen MR) is 114 cm³/mol. The Balaban J connectivity index is 1.45. The molecule has 8 heteroatoms. The number of nitrogens with one attached hydrogen (secondary N) is 5. The Morgan fingerprint density at radius 1 is 1.13 bits per heavy atom. The second-order valence-corrected chi connectivity index (χ2v) is 8.86. The number of anilines is 2. The van der Waals surface area contributed by atoms with E-state index in [4.69, 9.17) is 9.47 Å². The molecular formula is C22H37N6O2+3. The zero-order valence-electron chi connectivity index (χ0n) is 18.2. The maximum atomic E-state index is 9.92. The predicted octanol–water partition coefficient (Wildman–Crippen LogP) is -1.75. The van der Waals surface area contributed by atoms with E-state index in [0.29, 0.717) is 0 Å². The molecule has 4 rings (SSSR count). The van der Waals surface area contributed by atoms with Crippen LogP contribution in [0.25, 0.3) is 0 Å². The lowest BCUT2D eigenvalue weighted by atomic mass is 9.96. The van der Waals surface area contributed by atoms with E-state index in [-0.39, 0.29) is 6.10 Å². The van der Waals surface area contributed by atoms with Crippen LogP contribution in [0.5, 0.6) is 0 Å². The molecule has 0 bridgehead atoms. The second kappa shape index (κ2) is 10.4. The van der Waals surface area contributed by atoms with Crippen LogP contribution in [0.3, 0.4) is 0 Å². The summed E-state index contributed by atoms with van der Waals surface area (Å²) in [5.74, 6) is 1.92. The quantitative estimate of drug-likeness (QED) is 0.377. The van der Waals surface area contributed by atoms with Crippen molar-refractivity contribution < 1.29 is 24.3 Å². The monoisotopic (exact) mass is 417 g/mol. The Bertz CT molecular complexity index is 753. The third-order valence-corrected chi connectivity index (χ3v) is 6.60. The Morgan fingerprint density at radius 3 is 2.77 bits per heavy atom. The highest BCUT2D eigenvalue weighted by atomic mass is 16.5. The molecule has 164 valence electrons. The molecule has 0 radical (unpaired) electrons. The summed E-state index contributed by atoms with van der Waals surface area (Å²) in [6, 6.07) is 2.48. The number of fused-ring (bicyclic) bond motifs is 1. The van der Waals surface area contributed by atoms with E-state index in [1.807, 2.05) is 0 Å².